The first-order chi connectivity index (χ1) is 15.0. The molecule has 0 radical (unpaired) electrons. The number of nitrogens with zero attached hydrogens (tertiary/aromatic N) is 4. The number of hydrogen-bond donors (Lipinski definition) is 1. The third kappa shape index (κ3) is 5.24. The van der Waals surface area contributed by atoms with E-state index in [4.69, 9.17) is 16.3 Å². The fourth-order valence-corrected chi connectivity index (χ4v) is 4.81. The Balaban J connectivity index is 1.47. The summed E-state index contributed by atoms with van der Waals surface area (Å²) in [7, 11) is 0. The molecule has 0 bridgehead atoms. The number of benzene rings is 1. The van der Waals surface area contributed by atoms with Crippen molar-refractivity contribution >= 4 is 52.0 Å². The number of hydrogen-bond acceptors (Lipinski definition) is 8. The monoisotopic (exact) mass is 479 g/mol. The Morgan fingerprint density at radius 2 is 2.29 bits per heavy atom. The Bertz CT molecular complexity index is 1080. The second-order valence-corrected chi connectivity index (χ2v) is 9.08. The summed E-state index contributed by atoms with van der Waals surface area (Å²) < 4.78 is 7.76. The zero-order valence-corrected chi connectivity index (χ0v) is 18.6. The summed E-state index contributed by atoms with van der Waals surface area (Å²) in [6.07, 6.45) is 2.08. The van der Waals surface area contributed by atoms with Crippen LogP contribution in [0.5, 0.6) is 0 Å². The Labute approximate surface area is 190 Å². The number of nitrogens with one attached hydrogen (secondary N) is 1. The molecule has 2 aromatic heterocycles. The van der Waals surface area contributed by atoms with Crippen LogP contribution < -0.4 is 5.32 Å². The van der Waals surface area contributed by atoms with Gasteiger partial charge in [-0.15, -0.1) is 21.5 Å². The number of carbonyl (C=O) groups is 1. The molecule has 1 aliphatic heterocycles. The molecule has 1 aliphatic rings. The SMILES string of the molecule is O=C(CSc1nnc(-c2cccs2)n1CC1CCCO1)Nc1cc([N+](=O)[O-])ccc1Cl. The maximum atomic E-state index is 12.5. The standard InChI is InChI=1S/C19H18ClN5O4S2/c20-14-6-5-12(25(27)28)9-15(14)21-17(26)11-31-19-23-22-18(16-4-2-8-30-16)24(19)10-13-3-1-7-29-13/h2,4-6,8-9,13H,1,3,7,10-11H2,(H,21,26). The first kappa shape index (κ1) is 21.8. The Morgan fingerprint density at radius 3 is 3.00 bits per heavy atom. The number of non-ortho nitro benzene ring substituents is 1. The topological polar surface area (TPSA) is 112 Å². The zero-order chi connectivity index (χ0) is 21.8. The van der Waals surface area contributed by atoms with Crippen molar-refractivity contribution in [2.75, 3.05) is 17.7 Å². The van der Waals surface area contributed by atoms with Crippen LogP contribution in [-0.4, -0.2) is 44.1 Å². The van der Waals surface area contributed by atoms with Crippen molar-refractivity contribution < 1.29 is 14.5 Å². The van der Waals surface area contributed by atoms with Crippen molar-refractivity contribution in [3.8, 4) is 10.7 Å². The van der Waals surface area contributed by atoms with Gasteiger partial charge < -0.3 is 10.1 Å². The molecule has 3 heterocycles. The van der Waals surface area contributed by atoms with Gasteiger partial charge in [0.2, 0.25) is 5.91 Å². The molecule has 162 valence electrons. The summed E-state index contributed by atoms with van der Waals surface area (Å²) in [5.74, 6) is 0.444. The summed E-state index contributed by atoms with van der Waals surface area (Å²) in [5.41, 5.74) is 0.0470. The molecule has 1 aromatic carbocycles. The Hall–Kier alpha value is -2.47. The van der Waals surface area contributed by atoms with Crippen LogP contribution in [0.25, 0.3) is 10.7 Å². The van der Waals surface area contributed by atoms with Crippen LogP contribution in [0, 0.1) is 10.1 Å². The highest BCUT2D eigenvalue weighted by Gasteiger charge is 2.23. The lowest BCUT2D eigenvalue weighted by molar-refractivity contribution is -0.384. The van der Waals surface area contributed by atoms with E-state index < -0.39 is 4.92 Å². The number of ether oxygens (including phenoxy) is 1. The van der Waals surface area contributed by atoms with Crippen LogP contribution in [0.1, 0.15) is 12.8 Å². The molecule has 0 aliphatic carbocycles. The number of thioether (sulfide) groups is 1. The number of anilines is 1. The maximum absolute atomic E-state index is 12.5. The highest BCUT2D eigenvalue weighted by Crippen LogP contribution is 2.30. The van der Waals surface area contributed by atoms with E-state index in [0.717, 1.165) is 30.2 Å². The summed E-state index contributed by atoms with van der Waals surface area (Å²) in [5, 5.41) is 25.0. The molecule has 1 atom stereocenters. The average Bonchev–Trinajstić information content (AvgIpc) is 3.50. The lowest BCUT2D eigenvalue weighted by atomic mass is 10.2. The van der Waals surface area contributed by atoms with Crippen molar-refractivity contribution in [3.05, 3.63) is 50.8 Å². The maximum Gasteiger partial charge on any atom is 0.271 e. The largest absolute Gasteiger partial charge is 0.376 e. The average molecular weight is 480 g/mol. The van der Waals surface area contributed by atoms with Crippen molar-refractivity contribution in [1.82, 2.24) is 14.8 Å². The fraction of sp³-hybridized carbons (Fsp3) is 0.316. The van der Waals surface area contributed by atoms with Gasteiger partial charge >= 0.3 is 0 Å². The summed E-state index contributed by atoms with van der Waals surface area (Å²) in [6, 6.07) is 7.83. The van der Waals surface area contributed by atoms with Gasteiger partial charge in [0.15, 0.2) is 11.0 Å². The van der Waals surface area contributed by atoms with Gasteiger partial charge in [-0.3, -0.25) is 19.5 Å². The number of nitro benzene ring substituents is 1. The van der Waals surface area contributed by atoms with E-state index in [0.29, 0.717) is 11.7 Å². The van der Waals surface area contributed by atoms with Gasteiger partial charge in [-0.25, -0.2) is 0 Å². The number of halogens is 1. The van der Waals surface area contributed by atoms with Crippen LogP contribution in [0.15, 0.2) is 40.9 Å². The molecule has 1 amide bonds. The zero-order valence-electron chi connectivity index (χ0n) is 16.2. The number of carbonyl (C=O) groups excluding carboxylic acids is 1. The predicted molar refractivity (Wildman–Crippen MR) is 120 cm³/mol. The molecule has 0 spiro atoms. The molecule has 12 heteroatoms. The molecular formula is C19H18ClN5O4S2. The lowest BCUT2D eigenvalue weighted by Crippen LogP contribution is -2.18. The molecule has 9 nitrogen and oxygen atoms in total. The molecule has 4 rings (SSSR count). The lowest BCUT2D eigenvalue weighted by Gasteiger charge is -2.14. The van der Waals surface area contributed by atoms with E-state index in [1.807, 2.05) is 22.1 Å². The summed E-state index contributed by atoms with van der Waals surface area (Å²) in [4.78, 5) is 23.9. The van der Waals surface area contributed by atoms with E-state index in [-0.39, 0.29) is 34.2 Å². The third-order valence-electron chi connectivity index (χ3n) is 4.64. The van der Waals surface area contributed by atoms with E-state index in [1.54, 1.807) is 11.3 Å². The van der Waals surface area contributed by atoms with Crippen LogP contribution >= 0.6 is 34.7 Å². The van der Waals surface area contributed by atoms with E-state index in [2.05, 4.69) is 15.5 Å². The Morgan fingerprint density at radius 1 is 1.42 bits per heavy atom. The smallest absolute Gasteiger partial charge is 0.271 e. The van der Waals surface area contributed by atoms with Crippen molar-refractivity contribution in [3.63, 3.8) is 0 Å². The Kier molecular flexibility index (Phi) is 6.86. The van der Waals surface area contributed by atoms with Crippen LogP contribution in [0.3, 0.4) is 0 Å². The second kappa shape index (κ2) is 9.77. The minimum Gasteiger partial charge on any atom is -0.376 e. The van der Waals surface area contributed by atoms with E-state index in [9.17, 15) is 14.9 Å². The second-order valence-electron chi connectivity index (χ2n) is 6.79. The normalized spacial score (nSPS) is 15.8. The van der Waals surface area contributed by atoms with Crippen LogP contribution in [-0.2, 0) is 16.1 Å². The fourth-order valence-electron chi connectivity index (χ4n) is 3.18. The molecule has 31 heavy (non-hydrogen) atoms. The van der Waals surface area contributed by atoms with Gasteiger partial charge in [0.1, 0.15) is 0 Å². The molecule has 1 fully saturated rings. The quantitative estimate of drug-likeness (QED) is 0.288. The third-order valence-corrected chi connectivity index (χ3v) is 6.80. The van der Waals surface area contributed by atoms with Gasteiger partial charge in [-0.2, -0.15) is 0 Å². The van der Waals surface area contributed by atoms with Crippen molar-refractivity contribution in [1.29, 1.82) is 0 Å². The van der Waals surface area contributed by atoms with Gasteiger partial charge in [-0.1, -0.05) is 29.4 Å². The van der Waals surface area contributed by atoms with Crippen molar-refractivity contribution in [2.24, 2.45) is 0 Å². The minimum absolute atomic E-state index is 0.0487. The molecule has 3 aromatic rings. The van der Waals surface area contributed by atoms with Crippen molar-refractivity contribution in [2.45, 2.75) is 30.6 Å². The number of amides is 1. The van der Waals surface area contributed by atoms with E-state index >= 15 is 0 Å². The first-order valence-corrected chi connectivity index (χ1v) is 11.7. The highest BCUT2D eigenvalue weighted by molar-refractivity contribution is 7.99. The molecular weight excluding hydrogens is 462 g/mol. The highest BCUT2D eigenvalue weighted by atomic mass is 35.5. The number of aromatic nitrogens is 3. The summed E-state index contributed by atoms with van der Waals surface area (Å²) in [6.45, 7) is 1.36. The molecule has 1 unspecified atom stereocenters. The predicted octanol–water partition coefficient (Wildman–Crippen LogP) is 4.48. The minimum atomic E-state index is -0.541. The van der Waals surface area contributed by atoms with E-state index in [1.165, 1.54) is 30.0 Å². The number of nitro groups is 1. The number of rotatable bonds is 8. The van der Waals surface area contributed by atoms with Gasteiger partial charge in [0.05, 0.1) is 38.9 Å². The van der Waals surface area contributed by atoms with Gasteiger partial charge in [0.25, 0.3) is 5.69 Å². The molecule has 0 saturated carbocycles. The first-order valence-electron chi connectivity index (χ1n) is 9.46. The van der Waals surface area contributed by atoms with Gasteiger partial charge in [-0.05, 0) is 30.4 Å². The van der Waals surface area contributed by atoms with Crippen LogP contribution in [0.4, 0.5) is 11.4 Å². The molecule has 1 N–H and O–H groups in total. The van der Waals surface area contributed by atoms with Gasteiger partial charge in [0, 0.05) is 18.7 Å². The summed E-state index contributed by atoms with van der Waals surface area (Å²) >= 11 is 8.87. The van der Waals surface area contributed by atoms with Crippen LogP contribution in [0.2, 0.25) is 5.02 Å². The number of thiophene rings is 1. The molecule has 1 saturated heterocycles.